The number of rotatable bonds is 5. The molecule has 2 bridgehead atoms. The van der Waals surface area contributed by atoms with E-state index >= 15 is 0 Å². The van der Waals surface area contributed by atoms with E-state index in [1.54, 1.807) is 0 Å². The van der Waals surface area contributed by atoms with Crippen LogP contribution in [0.25, 0.3) is 0 Å². The van der Waals surface area contributed by atoms with E-state index in [1.165, 1.54) is 5.56 Å². The molecule has 2 heterocycles. The first kappa shape index (κ1) is 19.1. The molecule has 2 aliphatic carbocycles. The van der Waals surface area contributed by atoms with Gasteiger partial charge in [-0.3, -0.25) is 9.69 Å². The fourth-order valence-corrected chi connectivity index (χ4v) is 6.64. The van der Waals surface area contributed by atoms with Gasteiger partial charge in [-0.25, -0.2) is 0 Å². The Labute approximate surface area is 182 Å². The number of hydrogen-bond acceptors (Lipinski definition) is 5. The van der Waals surface area contributed by atoms with E-state index in [-0.39, 0.29) is 11.8 Å². The van der Waals surface area contributed by atoms with Crippen molar-refractivity contribution in [1.82, 2.24) is 4.90 Å². The van der Waals surface area contributed by atoms with Crippen LogP contribution < -0.4 is 9.47 Å². The molecule has 160 valence electrons. The van der Waals surface area contributed by atoms with Crippen LogP contribution in [0.4, 0.5) is 0 Å². The summed E-state index contributed by atoms with van der Waals surface area (Å²) in [5, 5.41) is 12.2. The second-order valence-electron chi connectivity index (χ2n) is 9.31. The number of ketones is 1. The highest BCUT2D eigenvalue weighted by molar-refractivity contribution is 5.90. The zero-order valence-corrected chi connectivity index (χ0v) is 17.5. The maximum absolute atomic E-state index is 13.1. The van der Waals surface area contributed by atoms with Crippen LogP contribution in [0.2, 0.25) is 0 Å². The van der Waals surface area contributed by atoms with Crippen molar-refractivity contribution in [2.24, 2.45) is 0 Å². The molecule has 4 atom stereocenters. The third-order valence-electron chi connectivity index (χ3n) is 7.95. The number of likely N-dealkylation sites (tertiary alicyclic amines) is 1. The van der Waals surface area contributed by atoms with Gasteiger partial charge in [0.15, 0.2) is 23.4 Å². The molecule has 5 heteroatoms. The molecule has 2 fully saturated rings. The molecular weight excluding hydrogens is 390 g/mol. The molecular formula is C26H27NO4. The predicted molar refractivity (Wildman–Crippen MR) is 116 cm³/mol. The first-order chi connectivity index (χ1) is 15.1. The molecule has 1 N–H and O–H groups in total. The minimum atomic E-state index is -0.983. The number of piperidine rings is 1. The minimum Gasteiger partial charge on any atom is -0.485 e. The van der Waals surface area contributed by atoms with Gasteiger partial charge in [-0.15, -0.1) is 6.58 Å². The molecule has 2 aromatic carbocycles. The summed E-state index contributed by atoms with van der Waals surface area (Å²) in [6.07, 6.45) is 3.56. The van der Waals surface area contributed by atoms with Gasteiger partial charge in [0.25, 0.3) is 0 Å². The van der Waals surface area contributed by atoms with Crippen LogP contribution >= 0.6 is 0 Å². The summed E-state index contributed by atoms with van der Waals surface area (Å²) in [7, 11) is 0. The van der Waals surface area contributed by atoms with Gasteiger partial charge in [0, 0.05) is 31.1 Å². The summed E-state index contributed by atoms with van der Waals surface area (Å²) in [5.74, 6) is 1.43. The summed E-state index contributed by atoms with van der Waals surface area (Å²) in [6, 6.07) is 14.1. The molecule has 2 aromatic rings. The van der Waals surface area contributed by atoms with Crippen molar-refractivity contribution < 1.29 is 19.4 Å². The summed E-state index contributed by atoms with van der Waals surface area (Å²) in [5.41, 5.74) is 1.60. The smallest absolute Gasteiger partial charge is 0.174 e. The number of benzene rings is 2. The lowest BCUT2D eigenvalue weighted by Gasteiger charge is -2.62. The standard InChI is InChI=1S/C26H27NO4/c1-2-13-27-14-12-25-22-18-8-9-20(30-16-17-6-4-3-5-7-17)23(22)31-24(25)19(28)10-11-26(25,29)21(27)15-18/h2-9,21,24,29H,1,10-16H2/t21-,24+,25+,26-/m1/s1. The van der Waals surface area contributed by atoms with Gasteiger partial charge in [0.2, 0.25) is 0 Å². The maximum Gasteiger partial charge on any atom is 0.174 e. The number of carbonyl (C=O) groups is 1. The van der Waals surface area contributed by atoms with E-state index in [4.69, 9.17) is 9.47 Å². The number of hydrogen-bond donors (Lipinski definition) is 1. The summed E-state index contributed by atoms with van der Waals surface area (Å²) in [4.78, 5) is 15.4. The van der Waals surface area contributed by atoms with Crippen LogP contribution in [0.3, 0.4) is 0 Å². The van der Waals surface area contributed by atoms with Crippen LogP contribution in [0.5, 0.6) is 11.5 Å². The van der Waals surface area contributed by atoms with Gasteiger partial charge in [0.05, 0.1) is 11.0 Å². The Hall–Kier alpha value is -2.63. The van der Waals surface area contributed by atoms with E-state index in [0.717, 1.165) is 30.6 Å². The van der Waals surface area contributed by atoms with Crippen molar-refractivity contribution in [3.05, 3.63) is 71.8 Å². The number of aliphatic hydroxyl groups is 1. The Balaban J connectivity index is 1.46. The molecule has 0 amide bonds. The molecule has 1 saturated heterocycles. The summed E-state index contributed by atoms with van der Waals surface area (Å²) < 4.78 is 12.6. The van der Waals surface area contributed by atoms with E-state index in [9.17, 15) is 9.90 Å². The number of nitrogens with zero attached hydrogens (tertiary/aromatic N) is 1. The van der Waals surface area contributed by atoms with Crippen molar-refractivity contribution in [1.29, 1.82) is 0 Å². The monoisotopic (exact) mass is 417 g/mol. The van der Waals surface area contributed by atoms with E-state index in [1.807, 2.05) is 42.5 Å². The zero-order valence-electron chi connectivity index (χ0n) is 17.5. The summed E-state index contributed by atoms with van der Waals surface area (Å²) >= 11 is 0. The zero-order chi connectivity index (χ0) is 21.2. The third kappa shape index (κ3) is 2.42. The highest BCUT2D eigenvalue weighted by Crippen LogP contribution is 2.64. The summed E-state index contributed by atoms with van der Waals surface area (Å²) in [6.45, 7) is 5.90. The molecule has 0 radical (unpaired) electrons. The highest BCUT2D eigenvalue weighted by atomic mass is 16.5. The molecule has 31 heavy (non-hydrogen) atoms. The van der Waals surface area contributed by atoms with Crippen LogP contribution in [0, 0.1) is 0 Å². The molecule has 1 saturated carbocycles. The molecule has 0 unspecified atom stereocenters. The van der Waals surface area contributed by atoms with Gasteiger partial charge < -0.3 is 14.6 Å². The third-order valence-corrected chi connectivity index (χ3v) is 7.95. The van der Waals surface area contributed by atoms with E-state index in [2.05, 4.69) is 17.5 Å². The second-order valence-corrected chi connectivity index (χ2v) is 9.31. The minimum absolute atomic E-state index is 0.0343. The first-order valence-electron chi connectivity index (χ1n) is 11.2. The van der Waals surface area contributed by atoms with Crippen LogP contribution in [0.15, 0.2) is 55.1 Å². The second kappa shape index (κ2) is 6.68. The lowest BCUT2D eigenvalue weighted by Crippen LogP contribution is -2.76. The Morgan fingerprint density at radius 3 is 2.87 bits per heavy atom. The van der Waals surface area contributed by atoms with Crippen LogP contribution in [0.1, 0.15) is 36.0 Å². The lowest BCUT2D eigenvalue weighted by molar-refractivity contribution is -0.187. The van der Waals surface area contributed by atoms with Crippen molar-refractivity contribution >= 4 is 5.78 Å². The molecule has 6 rings (SSSR count). The quantitative estimate of drug-likeness (QED) is 0.758. The van der Waals surface area contributed by atoms with Crippen LogP contribution in [-0.4, -0.2) is 46.6 Å². The Morgan fingerprint density at radius 2 is 2.06 bits per heavy atom. The molecule has 0 aromatic heterocycles. The normalized spacial score (nSPS) is 32.9. The van der Waals surface area contributed by atoms with Gasteiger partial charge in [0.1, 0.15) is 6.61 Å². The molecule has 1 spiro atoms. The van der Waals surface area contributed by atoms with Gasteiger partial charge >= 0.3 is 0 Å². The molecule has 4 aliphatic rings. The van der Waals surface area contributed by atoms with Gasteiger partial charge in [-0.2, -0.15) is 0 Å². The Bertz CT molecular complexity index is 1070. The molecule has 5 nitrogen and oxygen atoms in total. The van der Waals surface area contributed by atoms with Crippen LogP contribution in [-0.2, 0) is 23.2 Å². The Morgan fingerprint density at radius 1 is 1.23 bits per heavy atom. The SMILES string of the molecule is C=CCN1CC[C@]23c4c5ccc(OCc6ccccc6)c4O[C@H]2C(=O)CC[C@@]3(O)[C@H]1C5. The lowest BCUT2D eigenvalue weighted by atomic mass is 9.49. The fraction of sp³-hybridized carbons (Fsp3) is 0.423. The first-order valence-corrected chi connectivity index (χ1v) is 11.2. The Kier molecular flexibility index (Phi) is 4.11. The highest BCUT2D eigenvalue weighted by Gasteiger charge is 2.73. The largest absolute Gasteiger partial charge is 0.485 e. The van der Waals surface area contributed by atoms with Crippen molar-refractivity contribution in [2.75, 3.05) is 13.1 Å². The topological polar surface area (TPSA) is 59.0 Å². The van der Waals surface area contributed by atoms with Crippen molar-refractivity contribution in [3.8, 4) is 11.5 Å². The van der Waals surface area contributed by atoms with E-state index in [0.29, 0.717) is 37.4 Å². The fourth-order valence-electron chi connectivity index (χ4n) is 6.64. The van der Waals surface area contributed by atoms with Gasteiger partial charge in [-0.05, 0) is 36.5 Å². The number of ether oxygens (including phenoxy) is 2. The van der Waals surface area contributed by atoms with Gasteiger partial charge in [-0.1, -0.05) is 42.5 Å². The number of carbonyl (C=O) groups excluding carboxylic acids is 1. The molecule has 2 aliphatic heterocycles. The average molecular weight is 418 g/mol. The van der Waals surface area contributed by atoms with Crippen molar-refractivity contribution in [3.63, 3.8) is 0 Å². The average Bonchev–Trinajstić information content (AvgIpc) is 3.14. The van der Waals surface area contributed by atoms with Crippen molar-refractivity contribution in [2.45, 2.75) is 55.5 Å². The van der Waals surface area contributed by atoms with E-state index < -0.39 is 17.1 Å². The number of Topliss-reactive ketones (excluding diaryl/α,β-unsaturated/α-hetero) is 1. The predicted octanol–water partition coefficient (Wildman–Crippen LogP) is 3.17. The maximum atomic E-state index is 13.1.